The number of furan rings is 1. The second-order valence-electron chi connectivity index (χ2n) is 5.72. The Morgan fingerprint density at radius 3 is 2.82 bits per heavy atom. The Kier molecular flexibility index (Phi) is 4.68. The van der Waals surface area contributed by atoms with E-state index < -0.39 is 0 Å². The Morgan fingerprint density at radius 1 is 1.18 bits per heavy atom. The van der Waals surface area contributed by atoms with E-state index in [9.17, 15) is 9.59 Å². The molecule has 28 heavy (non-hydrogen) atoms. The van der Waals surface area contributed by atoms with Gasteiger partial charge in [-0.15, -0.1) is 11.3 Å². The number of amides is 2. The minimum atomic E-state index is -0.376. The maximum atomic E-state index is 12.8. The summed E-state index contributed by atoms with van der Waals surface area (Å²) in [5.74, 6) is -0.0342. The molecule has 0 aliphatic heterocycles. The van der Waals surface area contributed by atoms with Crippen molar-refractivity contribution >= 4 is 33.8 Å². The van der Waals surface area contributed by atoms with Crippen LogP contribution in [0.15, 0.2) is 59.9 Å². The first-order chi connectivity index (χ1) is 13.6. The van der Waals surface area contributed by atoms with Crippen molar-refractivity contribution in [3.63, 3.8) is 0 Å². The predicted molar refractivity (Wildman–Crippen MR) is 103 cm³/mol. The van der Waals surface area contributed by atoms with Crippen LogP contribution in [0.4, 0.5) is 10.7 Å². The number of nitrogens with zero attached hydrogens (tertiary/aromatic N) is 4. The second-order valence-corrected chi connectivity index (χ2v) is 6.78. The van der Waals surface area contributed by atoms with Gasteiger partial charge < -0.3 is 15.1 Å². The molecule has 0 saturated carbocycles. The molecule has 0 atom stereocenters. The lowest BCUT2D eigenvalue weighted by Crippen LogP contribution is -2.14. The van der Waals surface area contributed by atoms with E-state index in [1.807, 2.05) is 0 Å². The number of carbonyl (C=O) groups is 2. The molecule has 0 unspecified atom stereocenters. The fourth-order valence-corrected chi connectivity index (χ4v) is 3.49. The molecule has 10 heteroatoms. The van der Waals surface area contributed by atoms with Crippen molar-refractivity contribution in [2.75, 3.05) is 10.6 Å². The summed E-state index contributed by atoms with van der Waals surface area (Å²) in [5.41, 5.74) is 1.23. The second kappa shape index (κ2) is 7.45. The van der Waals surface area contributed by atoms with Crippen molar-refractivity contribution in [2.24, 2.45) is 0 Å². The van der Waals surface area contributed by atoms with E-state index in [0.29, 0.717) is 21.4 Å². The van der Waals surface area contributed by atoms with Crippen LogP contribution < -0.4 is 10.6 Å². The van der Waals surface area contributed by atoms with Crippen LogP contribution >= 0.6 is 11.3 Å². The van der Waals surface area contributed by atoms with E-state index in [-0.39, 0.29) is 17.6 Å². The number of hydrogen-bond donors (Lipinski definition) is 2. The van der Waals surface area contributed by atoms with E-state index >= 15 is 0 Å². The van der Waals surface area contributed by atoms with Gasteiger partial charge in [0.1, 0.15) is 12.7 Å². The number of rotatable bonds is 5. The normalized spacial score (nSPS) is 10.6. The van der Waals surface area contributed by atoms with Gasteiger partial charge in [-0.3, -0.25) is 9.59 Å². The predicted octanol–water partition coefficient (Wildman–Crippen LogP) is 3.13. The molecule has 140 valence electrons. The third-order valence-electron chi connectivity index (χ3n) is 3.78. The third-order valence-corrected chi connectivity index (χ3v) is 4.93. The number of anilines is 2. The molecule has 9 nitrogen and oxygen atoms in total. The smallest absolute Gasteiger partial charge is 0.291 e. The molecule has 0 fully saturated rings. The van der Waals surface area contributed by atoms with Gasteiger partial charge in [0.05, 0.1) is 21.8 Å². The molecule has 0 radical (unpaired) electrons. The van der Waals surface area contributed by atoms with Crippen molar-refractivity contribution in [2.45, 2.75) is 6.92 Å². The Morgan fingerprint density at radius 2 is 2.07 bits per heavy atom. The minimum Gasteiger partial charge on any atom is -0.459 e. The summed E-state index contributed by atoms with van der Waals surface area (Å²) < 4.78 is 6.54. The lowest BCUT2D eigenvalue weighted by atomic mass is 10.2. The van der Waals surface area contributed by atoms with Crippen molar-refractivity contribution in [1.29, 1.82) is 0 Å². The standard InChI is InChI=1S/C18H14N6O3S/c1-11-8-14(23-17(25)13-5-3-7-27-13)28-15(11)18(26)22-12-4-2-6-20-16(12)24-10-19-9-21-24/h2-10H,1H3,(H,22,26)(H,23,25). The monoisotopic (exact) mass is 394 g/mol. The fraction of sp³-hybridized carbons (Fsp3) is 0.0556. The number of carbonyl (C=O) groups excluding carboxylic acids is 2. The highest BCUT2D eigenvalue weighted by molar-refractivity contribution is 7.18. The molecule has 4 rings (SSSR count). The van der Waals surface area contributed by atoms with Crippen molar-refractivity contribution in [1.82, 2.24) is 19.7 Å². The largest absolute Gasteiger partial charge is 0.459 e. The van der Waals surface area contributed by atoms with E-state index in [0.717, 1.165) is 5.56 Å². The molecular weight excluding hydrogens is 380 g/mol. The summed E-state index contributed by atoms with van der Waals surface area (Å²) in [6, 6.07) is 8.38. The summed E-state index contributed by atoms with van der Waals surface area (Å²) in [6.07, 6.45) is 5.91. The fourth-order valence-electron chi connectivity index (χ4n) is 2.52. The van der Waals surface area contributed by atoms with Crippen LogP contribution in [0.5, 0.6) is 0 Å². The molecule has 0 aliphatic rings. The van der Waals surface area contributed by atoms with Crippen molar-refractivity contribution in [3.8, 4) is 5.82 Å². The Balaban J connectivity index is 1.54. The van der Waals surface area contributed by atoms with Gasteiger partial charge in [0, 0.05) is 6.20 Å². The average Bonchev–Trinajstić information content (AvgIpc) is 3.44. The van der Waals surface area contributed by atoms with Gasteiger partial charge in [-0.25, -0.2) is 14.6 Å². The molecule has 0 bridgehead atoms. The Bertz CT molecular complexity index is 1120. The molecule has 0 saturated heterocycles. The van der Waals surface area contributed by atoms with E-state index in [1.165, 1.54) is 34.9 Å². The first kappa shape index (κ1) is 17.6. The van der Waals surface area contributed by atoms with Crippen LogP contribution in [-0.2, 0) is 0 Å². The van der Waals surface area contributed by atoms with Crippen LogP contribution in [0.1, 0.15) is 25.8 Å². The van der Waals surface area contributed by atoms with E-state index in [2.05, 4.69) is 25.7 Å². The summed E-state index contributed by atoms with van der Waals surface area (Å²) in [6.45, 7) is 1.80. The average molecular weight is 394 g/mol. The minimum absolute atomic E-state index is 0.199. The molecule has 4 heterocycles. The number of pyridine rings is 1. The number of hydrogen-bond acceptors (Lipinski definition) is 7. The lowest BCUT2D eigenvalue weighted by molar-refractivity contribution is 0.0995. The first-order valence-electron chi connectivity index (χ1n) is 8.18. The van der Waals surface area contributed by atoms with Crippen LogP contribution in [0.3, 0.4) is 0 Å². The molecule has 2 N–H and O–H groups in total. The number of aryl methyl sites for hydroxylation is 1. The van der Waals surface area contributed by atoms with E-state index in [1.54, 1.807) is 43.5 Å². The SMILES string of the molecule is Cc1cc(NC(=O)c2ccco2)sc1C(=O)Nc1cccnc1-n1cncn1. The highest BCUT2D eigenvalue weighted by Crippen LogP contribution is 2.28. The first-order valence-corrected chi connectivity index (χ1v) is 9.00. The van der Waals surface area contributed by atoms with Crippen LogP contribution in [-0.4, -0.2) is 31.6 Å². The molecule has 0 aliphatic carbocycles. The molecule has 0 spiro atoms. The summed E-state index contributed by atoms with van der Waals surface area (Å²) in [7, 11) is 0. The van der Waals surface area contributed by atoms with Gasteiger partial charge in [0.25, 0.3) is 11.8 Å². The number of thiophene rings is 1. The lowest BCUT2D eigenvalue weighted by Gasteiger charge is -2.09. The highest BCUT2D eigenvalue weighted by Gasteiger charge is 2.18. The third kappa shape index (κ3) is 3.53. The maximum absolute atomic E-state index is 12.8. The van der Waals surface area contributed by atoms with Gasteiger partial charge in [-0.05, 0) is 42.8 Å². The molecule has 4 aromatic rings. The number of nitrogens with one attached hydrogen (secondary N) is 2. The Hall–Kier alpha value is -3.79. The molecule has 4 aromatic heterocycles. The van der Waals surface area contributed by atoms with Crippen LogP contribution in [0.2, 0.25) is 0 Å². The van der Waals surface area contributed by atoms with Gasteiger partial charge in [0.15, 0.2) is 11.6 Å². The quantitative estimate of drug-likeness (QED) is 0.537. The van der Waals surface area contributed by atoms with Crippen LogP contribution in [0.25, 0.3) is 5.82 Å². The summed E-state index contributed by atoms with van der Waals surface area (Å²) >= 11 is 1.17. The zero-order valence-electron chi connectivity index (χ0n) is 14.6. The summed E-state index contributed by atoms with van der Waals surface area (Å²) in [5, 5.41) is 10.2. The van der Waals surface area contributed by atoms with E-state index in [4.69, 9.17) is 4.42 Å². The van der Waals surface area contributed by atoms with Gasteiger partial charge >= 0.3 is 0 Å². The highest BCUT2D eigenvalue weighted by atomic mass is 32.1. The van der Waals surface area contributed by atoms with Crippen molar-refractivity contribution in [3.05, 3.63) is 71.6 Å². The molecule has 0 aromatic carbocycles. The van der Waals surface area contributed by atoms with Crippen LogP contribution in [0, 0.1) is 6.92 Å². The topological polar surface area (TPSA) is 115 Å². The van der Waals surface area contributed by atoms with Crippen molar-refractivity contribution < 1.29 is 14.0 Å². The number of aromatic nitrogens is 4. The maximum Gasteiger partial charge on any atom is 0.291 e. The zero-order valence-corrected chi connectivity index (χ0v) is 15.4. The summed E-state index contributed by atoms with van der Waals surface area (Å²) in [4.78, 5) is 33.5. The van der Waals surface area contributed by atoms with Gasteiger partial charge in [-0.2, -0.15) is 5.10 Å². The van der Waals surface area contributed by atoms with Gasteiger partial charge in [0.2, 0.25) is 0 Å². The zero-order chi connectivity index (χ0) is 19.5. The Labute approximate surface area is 163 Å². The molecular formula is C18H14N6O3S. The molecule has 2 amide bonds. The van der Waals surface area contributed by atoms with Gasteiger partial charge in [-0.1, -0.05) is 0 Å².